The first-order valence-electron chi connectivity index (χ1n) is 10.4. The molecule has 0 aliphatic rings. The van der Waals surface area contributed by atoms with Gasteiger partial charge in [-0.1, -0.05) is 37.4 Å². The van der Waals surface area contributed by atoms with Crippen LogP contribution in [0.4, 0.5) is 0 Å². The van der Waals surface area contributed by atoms with Crippen LogP contribution in [0.1, 0.15) is 86.6 Å². The quantitative estimate of drug-likeness (QED) is 0.363. The molecule has 0 amide bonds. The van der Waals surface area contributed by atoms with Gasteiger partial charge in [-0.15, -0.1) is 0 Å². The first-order valence-corrected chi connectivity index (χ1v) is 10.8. The largest absolute Gasteiger partial charge is 0.407 e. The Balaban J connectivity index is 2.66. The number of benzene rings is 1. The van der Waals surface area contributed by atoms with Crippen molar-refractivity contribution in [1.82, 2.24) is 9.78 Å². The van der Waals surface area contributed by atoms with Crippen molar-refractivity contribution >= 4 is 28.9 Å². The van der Waals surface area contributed by atoms with Crippen LogP contribution in [0.3, 0.4) is 0 Å². The van der Waals surface area contributed by atoms with Crippen LogP contribution >= 0.6 is 11.6 Å². The molecule has 0 aliphatic heterocycles. The van der Waals surface area contributed by atoms with Gasteiger partial charge in [0.2, 0.25) is 11.7 Å². The summed E-state index contributed by atoms with van der Waals surface area (Å²) in [6.07, 6.45) is 2.05. The molecule has 0 spiro atoms. The summed E-state index contributed by atoms with van der Waals surface area (Å²) in [7, 11) is 0. The number of hydrogen-bond acceptors (Lipinski definition) is 4. The summed E-state index contributed by atoms with van der Waals surface area (Å²) in [5.41, 5.74) is 5.25. The number of aryl methyl sites for hydroxylation is 2. The maximum atomic E-state index is 13.6. The number of esters is 1. The minimum atomic E-state index is -0.393. The Bertz CT molecular complexity index is 998. The van der Waals surface area contributed by atoms with Gasteiger partial charge in [-0.25, -0.2) is 4.68 Å². The van der Waals surface area contributed by atoms with E-state index in [-0.39, 0.29) is 18.1 Å². The highest BCUT2D eigenvalue weighted by molar-refractivity contribution is 6.32. The third-order valence-corrected chi connectivity index (χ3v) is 5.63. The van der Waals surface area contributed by atoms with Gasteiger partial charge in [0.15, 0.2) is 0 Å². The summed E-state index contributed by atoms with van der Waals surface area (Å²) >= 11 is 6.47. The van der Waals surface area contributed by atoms with Crippen LogP contribution < -0.4 is 4.74 Å². The highest BCUT2D eigenvalue weighted by Gasteiger charge is 2.27. The zero-order valence-electron chi connectivity index (χ0n) is 19.0. The van der Waals surface area contributed by atoms with E-state index in [4.69, 9.17) is 16.3 Å². The lowest BCUT2D eigenvalue weighted by Crippen LogP contribution is -2.14. The van der Waals surface area contributed by atoms with Crippen LogP contribution in [0.15, 0.2) is 17.7 Å². The molecule has 0 unspecified atom stereocenters. The molecular weight excluding hydrogens is 400 g/mol. The van der Waals surface area contributed by atoms with E-state index in [1.807, 2.05) is 27.7 Å². The molecule has 0 N–H and O–H groups in total. The Morgan fingerprint density at radius 3 is 2.33 bits per heavy atom. The minimum Gasteiger partial charge on any atom is -0.407 e. The Morgan fingerprint density at radius 2 is 1.77 bits per heavy atom. The van der Waals surface area contributed by atoms with Gasteiger partial charge in [0.1, 0.15) is 5.56 Å². The average Bonchev–Trinajstić information content (AvgIpc) is 3.00. The van der Waals surface area contributed by atoms with Crippen LogP contribution in [0.2, 0.25) is 5.02 Å². The topological polar surface area (TPSA) is 61.2 Å². The molecule has 5 nitrogen and oxygen atoms in total. The highest BCUT2D eigenvalue weighted by Crippen LogP contribution is 2.34. The Kier molecular flexibility index (Phi) is 8.02. The number of carbonyl (C=O) groups is 2. The second-order valence-electron chi connectivity index (χ2n) is 7.72. The van der Waals surface area contributed by atoms with Crippen molar-refractivity contribution in [2.45, 2.75) is 74.3 Å². The molecule has 0 saturated carbocycles. The summed E-state index contributed by atoms with van der Waals surface area (Å²) in [6.45, 7) is 14.1. The highest BCUT2D eigenvalue weighted by atomic mass is 35.5. The molecule has 1 heterocycles. The van der Waals surface area contributed by atoms with Gasteiger partial charge in [-0.05, 0) is 69.9 Å². The fraction of sp³-hybridized carbons (Fsp3) is 0.458. The van der Waals surface area contributed by atoms with E-state index >= 15 is 0 Å². The van der Waals surface area contributed by atoms with Gasteiger partial charge < -0.3 is 4.74 Å². The second-order valence-corrected chi connectivity index (χ2v) is 8.13. The van der Waals surface area contributed by atoms with Crippen molar-refractivity contribution in [2.75, 3.05) is 0 Å². The predicted octanol–water partition coefficient (Wildman–Crippen LogP) is 6.31. The molecule has 0 fully saturated rings. The molecule has 0 atom stereocenters. The first-order chi connectivity index (χ1) is 14.1. The van der Waals surface area contributed by atoms with E-state index in [1.165, 1.54) is 0 Å². The van der Waals surface area contributed by atoms with Gasteiger partial charge >= 0.3 is 5.97 Å². The second kappa shape index (κ2) is 10.1. The van der Waals surface area contributed by atoms with E-state index in [2.05, 4.69) is 12.0 Å². The van der Waals surface area contributed by atoms with Crippen molar-refractivity contribution in [1.29, 1.82) is 0 Å². The molecular formula is C24H31ClN2O3. The van der Waals surface area contributed by atoms with E-state index in [0.29, 0.717) is 28.4 Å². The zero-order valence-corrected chi connectivity index (χ0v) is 19.7. The third-order valence-electron chi connectivity index (χ3n) is 5.31. The average molecular weight is 431 g/mol. The van der Waals surface area contributed by atoms with Crippen LogP contribution in [-0.4, -0.2) is 21.5 Å². The van der Waals surface area contributed by atoms with E-state index < -0.39 is 5.97 Å². The van der Waals surface area contributed by atoms with Gasteiger partial charge in [0, 0.05) is 23.6 Å². The fourth-order valence-electron chi connectivity index (χ4n) is 3.33. The number of ketones is 1. The maximum Gasteiger partial charge on any atom is 0.312 e. The number of unbranched alkanes of at least 4 members (excludes halogenated alkanes) is 1. The molecule has 2 rings (SSSR count). The molecule has 0 radical (unpaired) electrons. The number of hydrogen-bond donors (Lipinski definition) is 0. The van der Waals surface area contributed by atoms with Crippen molar-refractivity contribution in [3.05, 3.63) is 50.7 Å². The Hall–Kier alpha value is -2.40. The number of ether oxygens (including phenoxy) is 1. The van der Waals surface area contributed by atoms with Crippen molar-refractivity contribution in [2.24, 2.45) is 0 Å². The summed E-state index contributed by atoms with van der Waals surface area (Å²) in [4.78, 5) is 25.7. The minimum absolute atomic E-state index is 0.217. The standard InChI is InChI=1S/C24H31ClN2O3/c1-8-10-13-27-24(30-20(28)9-2)22(17(7)26-27)23(29)18-11-12-19(25)21(16(18)6)15(5)14(3)4/h11-12H,8-10,13H2,1-7H3. The number of carbonyl (C=O) groups excluding carboxylic acids is 2. The molecule has 2 aromatic rings. The van der Waals surface area contributed by atoms with E-state index in [9.17, 15) is 9.59 Å². The molecule has 162 valence electrons. The lowest BCUT2D eigenvalue weighted by Gasteiger charge is -2.15. The Morgan fingerprint density at radius 1 is 1.10 bits per heavy atom. The smallest absolute Gasteiger partial charge is 0.312 e. The van der Waals surface area contributed by atoms with Crippen LogP contribution in [0.5, 0.6) is 5.88 Å². The van der Waals surface area contributed by atoms with Crippen LogP contribution in [0.25, 0.3) is 5.57 Å². The zero-order chi connectivity index (χ0) is 22.6. The van der Waals surface area contributed by atoms with Crippen LogP contribution in [0, 0.1) is 13.8 Å². The normalized spacial score (nSPS) is 10.8. The van der Waals surface area contributed by atoms with Crippen molar-refractivity contribution in [3.63, 3.8) is 0 Å². The van der Waals surface area contributed by atoms with Crippen molar-refractivity contribution in [3.8, 4) is 5.88 Å². The predicted molar refractivity (Wildman–Crippen MR) is 121 cm³/mol. The van der Waals surface area contributed by atoms with Crippen molar-refractivity contribution < 1.29 is 14.3 Å². The lowest BCUT2D eigenvalue weighted by molar-refractivity contribution is -0.134. The molecule has 0 saturated heterocycles. The third kappa shape index (κ3) is 4.84. The summed E-state index contributed by atoms with van der Waals surface area (Å²) < 4.78 is 7.20. The molecule has 0 bridgehead atoms. The summed E-state index contributed by atoms with van der Waals surface area (Å²) in [6, 6.07) is 3.48. The van der Waals surface area contributed by atoms with Crippen LogP contribution in [-0.2, 0) is 11.3 Å². The molecule has 6 heteroatoms. The first kappa shape index (κ1) is 23.9. The number of allylic oxidation sites excluding steroid dienone is 2. The molecule has 1 aromatic carbocycles. The summed E-state index contributed by atoms with van der Waals surface area (Å²) in [5, 5.41) is 5.11. The number of aromatic nitrogens is 2. The van der Waals surface area contributed by atoms with Gasteiger partial charge in [0.25, 0.3) is 0 Å². The number of nitrogens with zero attached hydrogens (tertiary/aromatic N) is 2. The molecule has 0 aliphatic carbocycles. The molecule has 1 aromatic heterocycles. The van der Waals surface area contributed by atoms with E-state index in [0.717, 1.165) is 35.1 Å². The Labute approximate surface area is 184 Å². The SMILES string of the molecule is CCCCn1nc(C)c(C(=O)c2ccc(Cl)c(C(C)=C(C)C)c2C)c1OC(=O)CC. The maximum absolute atomic E-state index is 13.6. The van der Waals surface area contributed by atoms with Gasteiger partial charge in [-0.3, -0.25) is 9.59 Å². The van der Waals surface area contributed by atoms with Gasteiger partial charge in [0.05, 0.1) is 5.69 Å². The van der Waals surface area contributed by atoms with Gasteiger partial charge in [-0.2, -0.15) is 5.10 Å². The summed E-state index contributed by atoms with van der Waals surface area (Å²) in [5.74, 6) is -0.380. The number of rotatable bonds is 8. The molecule has 30 heavy (non-hydrogen) atoms. The fourth-order valence-corrected chi connectivity index (χ4v) is 3.68. The monoisotopic (exact) mass is 430 g/mol. The lowest BCUT2D eigenvalue weighted by atomic mass is 9.91. The van der Waals surface area contributed by atoms with E-state index in [1.54, 1.807) is 30.7 Å². The number of halogens is 1.